The standard InChI is InChI=1S/C4H4O4.H3N.Na/c5-3(6)1-2-4(7)8;;/h1-2H,(H,5,6)(H,7,8);1H3;/q;;+1/p-1/b2-1+;;. The van der Waals surface area contributed by atoms with Gasteiger partial charge in [-0.25, -0.2) is 0 Å². The molecule has 0 atom stereocenters. The summed E-state index contributed by atoms with van der Waals surface area (Å²) in [7, 11) is 0. The van der Waals surface area contributed by atoms with Crippen molar-refractivity contribution >= 4 is 11.9 Å². The minimum absolute atomic E-state index is 0. The first-order chi connectivity index (χ1) is 3.63. The number of carboxylic acids is 2. The molecule has 52 valence electrons. The molecule has 0 radical (unpaired) electrons. The number of hydrogen-bond acceptors (Lipinski definition) is 4. The van der Waals surface area contributed by atoms with Crippen LogP contribution in [0.1, 0.15) is 0 Å². The van der Waals surface area contributed by atoms with Crippen LogP contribution >= 0.6 is 0 Å². The first-order valence-electron chi connectivity index (χ1n) is 1.73. The predicted molar refractivity (Wildman–Crippen MR) is 25.1 cm³/mol. The Morgan fingerprint density at radius 2 is 1.20 bits per heavy atom. The van der Waals surface area contributed by atoms with Crippen LogP contribution in [0.4, 0.5) is 0 Å². The van der Waals surface area contributed by atoms with Crippen molar-refractivity contribution in [3.05, 3.63) is 12.2 Å². The van der Waals surface area contributed by atoms with Gasteiger partial charge in [0.2, 0.25) is 0 Å². The molecule has 6 heteroatoms. The van der Waals surface area contributed by atoms with E-state index in [1.165, 1.54) is 0 Å². The van der Waals surface area contributed by atoms with Crippen LogP contribution in [-0.4, -0.2) is 11.9 Å². The molecule has 0 amide bonds. The fourth-order valence-corrected chi connectivity index (χ4v) is 0.136. The SMILES string of the molecule is O=C([O-])/C=C/C(=O)[O-].[NH4+].[Na+]. The second kappa shape index (κ2) is 8.64. The summed E-state index contributed by atoms with van der Waals surface area (Å²) in [4.78, 5) is 18.8. The third-order valence-electron chi connectivity index (χ3n) is 0.355. The Hall–Kier alpha value is -0.360. The van der Waals surface area contributed by atoms with Gasteiger partial charge in [0.15, 0.2) is 0 Å². The first kappa shape index (κ1) is 16.3. The molecule has 0 saturated carbocycles. The second-order valence-corrected chi connectivity index (χ2v) is 0.971. The van der Waals surface area contributed by atoms with Gasteiger partial charge in [0.25, 0.3) is 0 Å². The van der Waals surface area contributed by atoms with Crippen LogP contribution in [0.3, 0.4) is 0 Å². The Morgan fingerprint density at radius 3 is 1.30 bits per heavy atom. The third kappa shape index (κ3) is 15.6. The summed E-state index contributed by atoms with van der Waals surface area (Å²) in [6, 6.07) is 0. The molecule has 0 unspecified atom stereocenters. The third-order valence-corrected chi connectivity index (χ3v) is 0.355. The molecule has 0 bridgehead atoms. The van der Waals surface area contributed by atoms with Gasteiger partial charge in [0.1, 0.15) is 0 Å². The minimum atomic E-state index is -1.55. The monoisotopic (exact) mass is 155 g/mol. The quantitative estimate of drug-likeness (QED) is 0.316. The molecule has 10 heavy (non-hydrogen) atoms. The average Bonchev–Trinajstić information content (AvgIpc) is 1.61. The van der Waals surface area contributed by atoms with Gasteiger partial charge in [0.05, 0.1) is 11.9 Å². The van der Waals surface area contributed by atoms with Gasteiger partial charge >= 0.3 is 29.6 Å². The predicted octanol–water partition coefficient (Wildman–Crippen LogP) is -5.58. The summed E-state index contributed by atoms with van der Waals surface area (Å²) in [5, 5.41) is 18.8. The van der Waals surface area contributed by atoms with Crippen molar-refractivity contribution in [2.24, 2.45) is 0 Å². The van der Waals surface area contributed by atoms with Gasteiger partial charge in [0, 0.05) is 0 Å². The van der Waals surface area contributed by atoms with Crippen molar-refractivity contribution in [3.8, 4) is 0 Å². The number of rotatable bonds is 2. The van der Waals surface area contributed by atoms with Crippen molar-refractivity contribution in [1.29, 1.82) is 0 Å². The number of carbonyl (C=O) groups excluding carboxylic acids is 2. The van der Waals surface area contributed by atoms with Crippen LogP contribution < -0.4 is 45.9 Å². The van der Waals surface area contributed by atoms with Crippen molar-refractivity contribution in [2.75, 3.05) is 0 Å². The Bertz CT molecular complexity index is 128. The van der Waals surface area contributed by atoms with Crippen LogP contribution in [0.25, 0.3) is 0 Å². The summed E-state index contributed by atoms with van der Waals surface area (Å²) < 4.78 is 0. The van der Waals surface area contributed by atoms with E-state index in [-0.39, 0.29) is 35.7 Å². The van der Waals surface area contributed by atoms with Crippen molar-refractivity contribution < 1.29 is 49.4 Å². The maximum Gasteiger partial charge on any atom is 1.00 e. The minimum Gasteiger partial charge on any atom is -0.545 e. The van der Waals surface area contributed by atoms with E-state index >= 15 is 0 Å². The molecule has 4 N–H and O–H groups in total. The maximum atomic E-state index is 9.41. The smallest absolute Gasteiger partial charge is 0.545 e. The van der Waals surface area contributed by atoms with E-state index in [1.807, 2.05) is 0 Å². The summed E-state index contributed by atoms with van der Waals surface area (Å²) in [6.45, 7) is 0. The largest absolute Gasteiger partial charge is 1.00 e. The molecule has 0 aromatic rings. The molecule has 0 aliphatic carbocycles. The van der Waals surface area contributed by atoms with Gasteiger partial charge < -0.3 is 26.0 Å². The topological polar surface area (TPSA) is 117 Å². The van der Waals surface area contributed by atoms with Crippen LogP contribution in [-0.2, 0) is 9.59 Å². The fourth-order valence-electron chi connectivity index (χ4n) is 0.136. The molecular formula is C4H6NNaO4. The van der Waals surface area contributed by atoms with E-state index in [9.17, 15) is 19.8 Å². The Labute approximate surface area is 79.6 Å². The van der Waals surface area contributed by atoms with Gasteiger partial charge in [-0.3, -0.25) is 0 Å². The fraction of sp³-hybridized carbons (Fsp3) is 0. The van der Waals surface area contributed by atoms with E-state index in [0.717, 1.165) is 0 Å². The van der Waals surface area contributed by atoms with E-state index in [1.54, 1.807) is 0 Å². The molecular weight excluding hydrogens is 149 g/mol. The van der Waals surface area contributed by atoms with Gasteiger partial charge in [-0.15, -0.1) is 0 Å². The molecule has 0 aromatic heterocycles. The van der Waals surface area contributed by atoms with Crippen LogP contribution in [0.2, 0.25) is 0 Å². The Balaban J connectivity index is -0.000000245. The van der Waals surface area contributed by atoms with Crippen LogP contribution in [0.5, 0.6) is 0 Å². The number of quaternary nitrogens is 1. The zero-order chi connectivity index (χ0) is 6.57. The molecule has 0 heterocycles. The Morgan fingerprint density at radius 1 is 1.00 bits per heavy atom. The van der Waals surface area contributed by atoms with Gasteiger partial charge in [-0.1, -0.05) is 0 Å². The Kier molecular flexibility index (Phi) is 14.1. The van der Waals surface area contributed by atoms with Crippen LogP contribution in [0, 0.1) is 0 Å². The zero-order valence-electron chi connectivity index (χ0n) is 5.79. The van der Waals surface area contributed by atoms with Crippen molar-refractivity contribution in [3.63, 3.8) is 0 Å². The summed E-state index contributed by atoms with van der Waals surface area (Å²) in [6.07, 6.45) is 0.769. The summed E-state index contributed by atoms with van der Waals surface area (Å²) in [5.41, 5.74) is 0. The first-order valence-corrected chi connectivity index (χ1v) is 1.73. The van der Waals surface area contributed by atoms with E-state index in [4.69, 9.17) is 0 Å². The van der Waals surface area contributed by atoms with Gasteiger partial charge in [-0.05, 0) is 12.2 Å². The average molecular weight is 155 g/mol. The molecule has 0 aliphatic heterocycles. The summed E-state index contributed by atoms with van der Waals surface area (Å²) in [5.74, 6) is -3.09. The number of hydrogen-bond donors (Lipinski definition) is 1. The number of aliphatic carboxylic acids is 2. The summed E-state index contributed by atoms with van der Waals surface area (Å²) >= 11 is 0. The molecule has 0 spiro atoms. The van der Waals surface area contributed by atoms with Crippen molar-refractivity contribution in [1.82, 2.24) is 6.15 Å². The van der Waals surface area contributed by atoms with E-state index in [0.29, 0.717) is 12.2 Å². The number of carboxylic acid groups (broad SMARTS) is 2. The van der Waals surface area contributed by atoms with E-state index < -0.39 is 11.9 Å². The zero-order valence-corrected chi connectivity index (χ0v) is 7.79. The normalized spacial score (nSPS) is 7.60. The van der Waals surface area contributed by atoms with E-state index in [2.05, 4.69) is 0 Å². The molecule has 0 saturated heterocycles. The second-order valence-electron chi connectivity index (χ2n) is 0.971. The molecule has 0 fully saturated rings. The van der Waals surface area contributed by atoms with Gasteiger partial charge in [-0.2, -0.15) is 0 Å². The molecule has 0 rings (SSSR count). The molecule has 0 aliphatic rings. The molecule has 5 nitrogen and oxygen atoms in total. The van der Waals surface area contributed by atoms with Crippen LogP contribution in [0.15, 0.2) is 12.2 Å². The maximum absolute atomic E-state index is 9.41. The number of carbonyl (C=O) groups is 2. The van der Waals surface area contributed by atoms with Crippen molar-refractivity contribution in [2.45, 2.75) is 0 Å². The molecule has 0 aromatic carbocycles.